The molecule has 4 rings (SSSR count). The molecule has 1 saturated heterocycles. The minimum Gasteiger partial charge on any atom is -0.322 e. The molecule has 7 nitrogen and oxygen atoms in total. The average molecular weight is 489 g/mol. The van der Waals surface area contributed by atoms with Gasteiger partial charge < -0.3 is 4.90 Å². The van der Waals surface area contributed by atoms with Crippen molar-refractivity contribution in [1.82, 2.24) is 10.2 Å². The third kappa shape index (κ3) is 5.44. The zero-order valence-corrected chi connectivity index (χ0v) is 18.1. The van der Waals surface area contributed by atoms with Crippen molar-refractivity contribution in [1.29, 1.82) is 0 Å². The van der Waals surface area contributed by atoms with Crippen LogP contribution in [0.5, 0.6) is 0 Å². The van der Waals surface area contributed by atoms with Gasteiger partial charge in [0.05, 0.1) is 6.42 Å². The second kappa shape index (κ2) is 9.40. The molecular formula is C24H19F4N3O4. The minimum absolute atomic E-state index is 0.0262. The fourth-order valence-electron chi connectivity index (χ4n) is 4.18. The van der Waals surface area contributed by atoms with E-state index >= 15 is 0 Å². The summed E-state index contributed by atoms with van der Waals surface area (Å²) in [7, 11) is 0. The van der Waals surface area contributed by atoms with Crippen LogP contribution in [0.15, 0.2) is 47.5 Å². The summed E-state index contributed by atoms with van der Waals surface area (Å²) in [5.41, 5.74) is 0.809. The number of carbonyl (C=O) groups is 4. The van der Waals surface area contributed by atoms with Gasteiger partial charge in [-0.25, -0.2) is 9.38 Å². The van der Waals surface area contributed by atoms with Crippen molar-refractivity contribution in [3.63, 3.8) is 0 Å². The second-order valence-electron chi connectivity index (χ2n) is 8.34. The number of carbonyl (C=O) groups excluding carboxylic acids is 4. The van der Waals surface area contributed by atoms with Crippen molar-refractivity contribution >= 4 is 29.8 Å². The van der Waals surface area contributed by atoms with Crippen LogP contribution in [-0.2, 0) is 16.1 Å². The van der Waals surface area contributed by atoms with Gasteiger partial charge in [0.25, 0.3) is 11.8 Å². The summed E-state index contributed by atoms with van der Waals surface area (Å²) in [5.74, 6) is -4.32. The lowest BCUT2D eigenvalue weighted by molar-refractivity contribution is -0.137. The Morgan fingerprint density at radius 2 is 1.94 bits per heavy atom. The van der Waals surface area contributed by atoms with Crippen LogP contribution in [-0.4, -0.2) is 47.0 Å². The predicted molar refractivity (Wildman–Crippen MR) is 115 cm³/mol. The van der Waals surface area contributed by atoms with E-state index in [1.807, 2.05) is 0 Å². The monoisotopic (exact) mass is 489 g/mol. The number of alkyl halides is 3. The van der Waals surface area contributed by atoms with E-state index in [0.717, 1.165) is 18.3 Å². The molecule has 2 aromatic rings. The first-order valence-corrected chi connectivity index (χ1v) is 10.7. The van der Waals surface area contributed by atoms with Crippen molar-refractivity contribution in [2.24, 2.45) is 4.99 Å². The predicted octanol–water partition coefficient (Wildman–Crippen LogP) is 3.53. The maximum Gasteiger partial charge on any atom is 0.390 e. The standard InChI is InChI=1S/C24H19F4N3O4/c25-17-3-1-2-13(9-17)16(10-24(26,27)28)11-29-21(33)14-4-5-18-15(8-14)12-31(23(18)35)19-6-7-20(32)30-22(19)34/h1-5,8-9,11,16,19H,6-7,10,12H2,(H,30,32,34). The molecule has 2 aliphatic heterocycles. The first-order valence-electron chi connectivity index (χ1n) is 10.7. The van der Waals surface area contributed by atoms with Gasteiger partial charge in [0.2, 0.25) is 11.8 Å². The molecule has 1 fully saturated rings. The number of nitrogens with zero attached hydrogens (tertiary/aromatic N) is 2. The van der Waals surface area contributed by atoms with Crippen LogP contribution in [0.3, 0.4) is 0 Å². The SMILES string of the molecule is O=C1CCC(N2Cc3cc(C(=O)N=CC(CC(F)(F)F)c4cccc(F)c4)ccc3C2=O)C(=O)N1. The van der Waals surface area contributed by atoms with Gasteiger partial charge in [0, 0.05) is 36.2 Å². The zero-order valence-electron chi connectivity index (χ0n) is 18.1. The molecule has 0 aromatic heterocycles. The summed E-state index contributed by atoms with van der Waals surface area (Å²) in [5, 5.41) is 2.19. The zero-order chi connectivity index (χ0) is 25.3. The van der Waals surface area contributed by atoms with Crippen LogP contribution < -0.4 is 5.32 Å². The van der Waals surface area contributed by atoms with Gasteiger partial charge in [-0.1, -0.05) is 12.1 Å². The number of aliphatic imine (C=N–C) groups is 1. The number of halogens is 4. The number of nitrogens with one attached hydrogen (secondary N) is 1. The van der Waals surface area contributed by atoms with Gasteiger partial charge in [-0.2, -0.15) is 13.2 Å². The highest BCUT2D eigenvalue weighted by Crippen LogP contribution is 2.31. The normalized spacial score (nSPS) is 19.1. The van der Waals surface area contributed by atoms with E-state index in [2.05, 4.69) is 10.3 Å². The fraction of sp³-hybridized carbons (Fsp3) is 0.292. The van der Waals surface area contributed by atoms with E-state index in [4.69, 9.17) is 0 Å². The number of benzene rings is 2. The Labute approximate surface area is 196 Å². The van der Waals surface area contributed by atoms with Crippen LogP contribution in [0.2, 0.25) is 0 Å². The highest BCUT2D eigenvalue weighted by molar-refractivity contribution is 6.06. The van der Waals surface area contributed by atoms with Crippen LogP contribution in [0, 0.1) is 5.82 Å². The Balaban J connectivity index is 1.52. The maximum absolute atomic E-state index is 13.5. The Bertz CT molecular complexity index is 1240. The summed E-state index contributed by atoms with van der Waals surface area (Å²) >= 11 is 0. The summed E-state index contributed by atoms with van der Waals surface area (Å²) in [4.78, 5) is 53.9. The summed E-state index contributed by atoms with van der Waals surface area (Å²) in [6, 6.07) is 7.95. The van der Waals surface area contributed by atoms with Crippen LogP contribution in [0.4, 0.5) is 17.6 Å². The van der Waals surface area contributed by atoms with Crippen molar-refractivity contribution < 1.29 is 36.7 Å². The summed E-state index contributed by atoms with van der Waals surface area (Å²) in [6.45, 7) is 0.0330. The molecule has 2 heterocycles. The van der Waals surface area contributed by atoms with Crippen LogP contribution in [0.1, 0.15) is 57.0 Å². The highest BCUT2D eigenvalue weighted by Gasteiger charge is 2.39. The van der Waals surface area contributed by atoms with E-state index in [0.29, 0.717) is 5.56 Å². The second-order valence-corrected chi connectivity index (χ2v) is 8.34. The van der Waals surface area contributed by atoms with Crippen LogP contribution in [0.25, 0.3) is 0 Å². The molecule has 11 heteroatoms. The number of rotatable bonds is 5. The van der Waals surface area contributed by atoms with E-state index in [1.165, 1.54) is 35.2 Å². The molecule has 1 N–H and O–H groups in total. The van der Waals surface area contributed by atoms with Crippen molar-refractivity contribution in [3.05, 3.63) is 70.5 Å². The molecule has 0 saturated carbocycles. The van der Waals surface area contributed by atoms with Gasteiger partial charge in [-0.15, -0.1) is 0 Å². The lowest BCUT2D eigenvalue weighted by Gasteiger charge is -2.29. The molecule has 0 bridgehead atoms. The van der Waals surface area contributed by atoms with Crippen molar-refractivity contribution in [2.75, 3.05) is 0 Å². The summed E-state index contributed by atoms with van der Waals surface area (Å²) in [6.07, 6.45) is -4.77. The first-order chi connectivity index (χ1) is 16.5. The molecule has 2 unspecified atom stereocenters. The number of amides is 4. The number of fused-ring (bicyclic) bond motifs is 1. The maximum atomic E-state index is 13.5. The molecule has 0 radical (unpaired) electrons. The van der Waals surface area contributed by atoms with Gasteiger partial charge in [-0.3, -0.25) is 24.5 Å². The topological polar surface area (TPSA) is 95.9 Å². The van der Waals surface area contributed by atoms with Gasteiger partial charge in [-0.05, 0) is 47.9 Å². The molecule has 2 aromatic carbocycles. The Hall–Kier alpha value is -3.89. The minimum atomic E-state index is -4.57. The molecule has 182 valence electrons. The van der Waals surface area contributed by atoms with E-state index in [1.54, 1.807) is 0 Å². The van der Waals surface area contributed by atoms with Crippen molar-refractivity contribution in [3.8, 4) is 0 Å². The van der Waals surface area contributed by atoms with Gasteiger partial charge >= 0.3 is 6.18 Å². The molecular weight excluding hydrogens is 470 g/mol. The van der Waals surface area contributed by atoms with E-state index in [9.17, 15) is 36.7 Å². The summed E-state index contributed by atoms with van der Waals surface area (Å²) < 4.78 is 52.7. The molecule has 0 spiro atoms. The Morgan fingerprint density at radius 3 is 2.63 bits per heavy atom. The third-order valence-electron chi connectivity index (χ3n) is 5.87. The molecule has 2 aliphatic rings. The number of hydrogen-bond acceptors (Lipinski definition) is 4. The fourth-order valence-corrected chi connectivity index (χ4v) is 4.18. The van der Waals surface area contributed by atoms with Crippen LogP contribution >= 0.6 is 0 Å². The van der Waals surface area contributed by atoms with Gasteiger partial charge in [0.1, 0.15) is 11.9 Å². The number of hydrogen-bond donors (Lipinski definition) is 1. The van der Waals surface area contributed by atoms with Crippen molar-refractivity contribution in [2.45, 2.75) is 43.9 Å². The highest BCUT2D eigenvalue weighted by atomic mass is 19.4. The third-order valence-corrected chi connectivity index (χ3v) is 5.87. The Morgan fingerprint density at radius 1 is 1.17 bits per heavy atom. The number of piperidine rings is 1. The van der Waals surface area contributed by atoms with E-state index in [-0.39, 0.29) is 36.1 Å². The first kappa shape index (κ1) is 24.2. The number of imide groups is 1. The molecule has 35 heavy (non-hydrogen) atoms. The Kier molecular flexibility index (Phi) is 6.51. The largest absolute Gasteiger partial charge is 0.390 e. The quantitative estimate of drug-likeness (QED) is 0.395. The lowest BCUT2D eigenvalue weighted by Crippen LogP contribution is -2.52. The van der Waals surface area contributed by atoms with E-state index < -0.39 is 54.0 Å². The molecule has 0 aliphatic carbocycles. The smallest absolute Gasteiger partial charge is 0.322 e. The molecule has 2 atom stereocenters. The average Bonchev–Trinajstić information content (AvgIpc) is 3.11. The van der Waals surface area contributed by atoms with Gasteiger partial charge in [0.15, 0.2) is 0 Å². The molecule has 4 amide bonds. The lowest BCUT2D eigenvalue weighted by atomic mass is 9.96.